The van der Waals surface area contributed by atoms with E-state index in [4.69, 9.17) is 0 Å². The van der Waals surface area contributed by atoms with Crippen LogP contribution in [0.2, 0.25) is 0 Å². The third-order valence-electron chi connectivity index (χ3n) is 4.89. The molecule has 1 aromatic carbocycles. The number of carbonyl (C=O) groups excluding carboxylic acids is 1. The molecule has 3 rings (SSSR count). The van der Waals surface area contributed by atoms with Crippen LogP contribution < -0.4 is 4.31 Å². The lowest BCUT2D eigenvalue weighted by Gasteiger charge is -2.35. The van der Waals surface area contributed by atoms with Gasteiger partial charge in [0.25, 0.3) is 16.1 Å². The van der Waals surface area contributed by atoms with Crippen LogP contribution in [0.25, 0.3) is 0 Å². The molecule has 11 heteroatoms. The molecule has 9 nitrogen and oxygen atoms in total. The van der Waals surface area contributed by atoms with Gasteiger partial charge >= 0.3 is 0 Å². The van der Waals surface area contributed by atoms with E-state index in [0.717, 1.165) is 5.56 Å². The molecule has 0 aromatic heterocycles. The maximum absolute atomic E-state index is 12.8. The Labute approximate surface area is 160 Å². The normalized spacial score (nSPS) is 18.8. The van der Waals surface area contributed by atoms with Gasteiger partial charge in [-0.15, -0.1) is 0 Å². The highest BCUT2D eigenvalue weighted by Crippen LogP contribution is 2.31. The molecule has 0 spiro atoms. The second kappa shape index (κ2) is 7.04. The van der Waals surface area contributed by atoms with Crippen LogP contribution in [0.5, 0.6) is 0 Å². The summed E-state index contributed by atoms with van der Waals surface area (Å²) in [5.41, 5.74) is 1.95. The van der Waals surface area contributed by atoms with Gasteiger partial charge in [-0.1, -0.05) is 0 Å². The summed E-state index contributed by atoms with van der Waals surface area (Å²) in [4.78, 5) is 14.4. The fourth-order valence-corrected chi connectivity index (χ4v) is 5.43. The number of benzene rings is 1. The number of anilines is 1. The van der Waals surface area contributed by atoms with Crippen LogP contribution >= 0.6 is 0 Å². The molecule has 2 heterocycles. The van der Waals surface area contributed by atoms with Gasteiger partial charge in [0.15, 0.2) is 0 Å². The summed E-state index contributed by atoms with van der Waals surface area (Å²) in [6, 6.07) is 5.04. The number of hydrogen-bond acceptors (Lipinski definition) is 5. The first-order valence-electron chi connectivity index (χ1n) is 8.59. The van der Waals surface area contributed by atoms with Crippen LogP contribution in [0.1, 0.15) is 15.9 Å². The first-order valence-corrected chi connectivity index (χ1v) is 11.8. The maximum atomic E-state index is 12.8. The van der Waals surface area contributed by atoms with Crippen molar-refractivity contribution in [3.05, 3.63) is 29.3 Å². The Balaban J connectivity index is 1.72. The highest BCUT2D eigenvalue weighted by Gasteiger charge is 2.31. The van der Waals surface area contributed by atoms with E-state index in [9.17, 15) is 21.6 Å². The van der Waals surface area contributed by atoms with E-state index in [1.54, 1.807) is 23.1 Å². The topological polar surface area (TPSA) is 98.3 Å². The molecule has 0 saturated carbocycles. The summed E-state index contributed by atoms with van der Waals surface area (Å²) in [5, 5.41) is 0. The van der Waals surface area contributed by atoms with Gasteiger partial charge in [0.1, 0.15) is 0 Å². The second-order valence-corrected chi connectivity index (χ2v) is 11.0. The molecule has 0 N–H and O–H groups in total. The molecule has 27 heavy (non-hydrogen) atoms. The number of sulfonamides is 1. The molecule has 1 saturated heterocycles. The number of fused-ring (bicyclic) bond motifs is 1. The predicted octanol–water partition coefficient (Wildman–Crippen LogP) is -0.427. The number of piperazine rings is 1. The molecule has 0 aliphatic carbocycles. The lowest BCUT2D eigenvalue weighted by Crippen LogP contribution is -2.53. The minimum atomic E-state index is -3.48. The van der Waals surface area contributed by atoms with Crippen LogP contribution in [-0.2, 0) is 26.7 Å². The van der Waals surface area contributed by atoms with Gasteiger partial charge < -0.3 is 4.90 Å². The lowest BCUT2D eigenvalue weighted by molar-refractivity contribution is 0.0695. The highest BCUT2D eigenvalue weighted by molar-refractivity contribution is 7.92. The summed E-state index contributed by atoms with van der Waals surface area (Å²) in [6.07, 6.45) is 1.74. The zero-order chi connectivity index (χ0) is 20.0. The molecule has 1 amide bonds. The van der Waals surface area contributed by atoms with Gasteiger partial charge in [0.05, 0.1) is 11.9 Å². The van der Waals surface area contributed by atoms with Crippen molar-refractivity contribution < 1.29 is 21.6 Å². The molecular formula is C16H24N4O5S2. The molecule has 0 radical (unpaired) electrons. The third kappa shape index (κ3) is 3.82. The van der Waals surface area contributed by atoms with E-state index < -0.39 is 20.2 Å². The predicted molar refractivity (Wildman–Crippen MR) is 102 cm³/mol. The van der Waals surface area contributed by atoms with Gasteiger partial charge in [-0.3, -0.25) is 9.10 Å². The summed E-state index contributed by atoms with van der Waals surface area (Å²) in [6.45, 7) is 1.52. The van der Waals surface area contributed by atoms with Crippen molar-refractivity contribution in [2.24, 2.45) is 0 Å². The smallest absolute Gasteiger partial charge is 0.281 e. The van der Waals surface area contributed by atoms with Crippen molar-refractivity contribution in [2.75, 3.05) is 57.4 Å². The van der Waals surface area contributed by atoms with Crippen LogP contribution in [0.15, 0.2) is 18.2 Å². The van der Waals surface area contributed by atoms with E-state index in [2.05, 4.69) is 0 Å². The Hall–Kier alpha value is -1.69. The number of nitrogens with zero attached hydrogens (tertiary/aromatic N) is 4. The van der Waals surface area contributed by atoms with Gasteiger partial charge in [0.2, 0.25) is 10.0 Å². The first kappa shape index (κ1) is 20.1. The maximum Gasteiger partial charge on any atom is 0.281 e. The molecule has 2 aliphatic rings. The zero-order valence-corrected chi connectivity index (χ0v) is 17.3. The average molecular weight is 417 g/mol. The van der Waals surface area contributed by atoms with Crippen LogP contribution in [0.4, 0.5) is 5.69 Å². The number of amides is 1. The molecular weight excluding hydrogens is 392 g/mol. The quantitative estimate of drug-likeness (QED) is 0.664. The monoisotopic (exact) mass is 416 g/mol. The number of rotatable bonds is 4. The molecule has 0 unspecified atom stereocenters. The summed E-state index contributed by atoms with van der Waals surface area (Å²) >= 11 is 0. The van der Waals surface area contributed by atoms with E-state index in [1.165, 1.54) is 33.3 Å². The highest BCUT2D eigenvalue weighted by atomic mass is 32.2. The number of hydrogen-bond donors (Lipinski definition) is 0. The summed E-state index contributed by atoms with van der Waals surface area (Å²) in [7, 11) is -3.83. The molecule has 1 fully saturated rings. The van der Waals surface area contributed by atoms with E-state index in [-0.39, 0.29) is 19.0 Å². The Morgan fingerprint density at radius 3 is 2.19 bits per heavy atom. The molecule has 0 atom stereocenters. The van der Waals surface area contributed by atoms with Crippen LogP contribution in [0.3, 0.4) is 0 Å². The number of carbonyl (C=O) groups is 1. The van der Waals surface area contributed by atoms with Crippen LogP contribution in [-0.4, -0.2) is 89.3 Å². The van der Waals surface area contributed by atoms with E-state index in [1.807, 2.05) is 0 Å². The van der Waals surface area contributed by atoms with Crippen molar-refractivity contribution in [3.63, 3.8) is 0 Å². The van der Waals surface area contributed by atoms with Crippen molar-refractivity contribution >= 4 is 31.8 Å². The van der Waals surface area contributed by atoms with Gasteiger partial charge in [-0.05, 0) is 30.2 Å². The first-order chi connectivity index (χ1) is 12.5. The van der Waals surface area contributed by atoms with E-state index >= 15 is 0 Å². The van der Waals surface area contributed by atoms with Gasteiger partial charge in [-0.25, -0.2) is 8.42 Å². The SMILES string of the molecule is CN(C)S(=O)(=O)N1CCN(C(=O)c2ccc3c(c2)CCN3S(C)(=O)=O)CC1. The molecule has 0 bridgehead atoms. The van der Waals surface area contributed by atoms with Crippen LogP contribution in [0, 0.1) is 0 Å². The fraction of sp³-hybridized carbons (Fsp3) is 0.562. The standard InChI is InChI=1S/C16H24N4O5S2/c1-17(2)27(24,25)19-10-8-18(9-11-19)16(21)14-4-5-15-13(12-14)6-7-20(15)26(3,22)23/h4-5,12H,6-11H2,1-3H3. The van der Waals surface area contributed by atoms with Gasteiger partial charge in [0, 0.05) is 52.4 Å². The Morgan fingerprint density at radius 2 is 1.63 bits per heavy atom. The van der Waals surface area contributed by atoms with Crippen molar-refractivity contribution in [3.8, 4) is 0 Å². The van der Waals surface area contributed by atoms with E-state index in [0.29, 0.717) is 37.3 Å². The summed E-state index contributed by atoms with van der Waals surface area (Å²) < 4.78 is 51.8. The summed E-state index contributed by atoms with van der Waals surface area (Å²) in [5.74, 6) is -0.169. The second-order valence-electron chi connectivity index (χ2n) is 6.91. The molecule has 2 aliphatic heterocycles. The third-order valence-corrected chi connectivity index (χ3v) is 8.01. The Morgan fingerprint density at radius 1 is 1.00 bits per heavy atom. The minimum Gasteiger partial charge on any atom is -0.336 e. The fourth-order valence-electron chi connectivity index (χ4n) is 3.38. The van der Waals surface area contributed by atoms with Crippen molar-refractivity contribution in [1.29, 1.82) is 0 Å². The van der Waals surface area contributed by atoms with Crippen molar-refractivity contribution in [2.45, 2.75) is 6.42 Å². The Bertz CT molecular complexity index is 951. The van der Waals surface area contributed by atoms with Crippen molar-refractivity contribution in [1.82, 2.24) is 13.5 Å². The minimum absolute atomic E-state index is 0.169. The Kier molecular flexibility index (Phi) is 5.23. The molecule has 1 aromatic rings. The lowest BCUT2D eigenvalue weighted by atomic mass is 10.1. The average Bonchev–Trinajstić information content (AvgIpc) is 3.04. The zero-order valence-electron chi connectivity index (χ0n) is 15.6. The largest absolute Gasteiger partial charge is 0.336 e. The molecule has 150 valence electrons. The van der Waals surface area contributed by atoms with Gasteiger partial charge in [-0.2, -0.15) is 17.0 Å².